The summed E-state index contributed by atoms with van der Waals surface area (Å²) in [5.41, 5.74) is 1.55. The molecule has 0 aliphatic rings. The van der Waals surface area contributed by atoms with Crippen molar-refractivity contribution in [3.8, 4) is 0 Å². The largest absolute Gasteiger partial charge is 0.458 e. The van der Waals surface area contributed by atoms with Crippen molar-refractivity contribution >= 4 is 71.0 Å². The Labute approximate surface area is 363 Å². The van der Waals surface area contributed by atoms with Gasteiger partial charge in [0.1, 0.15) is 39.6 Å². The number of carbonyl (C=O) groups is 8. The fourth-order valence-corrected chi connectivity index (χ4v) is 4.43. The van der Waals surface area contributed by atoms with Gasteiger partial charge >= 0.3 is 48.3 Å². The summed E-state index contributed by atoms with van der Waals surface area (Å²) < 4.78 is 40.8. The minimum Gasteiger partial charge on any atom is -0.458 e. The second-order valence-electron chi connectivity index (χ2n) is 12.8. The van der Waals surface area contributed by atoms with Gasteiger partial charge in [-0.3, -0.25) is 26.2 Å². The molecule has 0 aromatic heterocycles. The third-order valence-electron chi connectivity index (χ3n) is 7.69. The molecule has 2 aromatic rings. The monoisotopic (exact) mass is 881 g/mol. The van der Waals surface area contributed by atoms with Gasteiger partial charge in [-0.05, 0) is 68.9 Å². The Morgan fingerprint density at radius 2 is 0.825 bits per heavy atom. The Hall–Kier alpha value is -7.68. The highest BCUT2D eigenvalue weighted by molar-refractivity contribution is 5.89. The van der Waals surface area contributed by atoms with Crippen LogP contribution in [0.5, 0.6) is 0 Å². The van der Waals surface area contributed by atoms with Crippen molar-refractivity contribution in [2.24, 2.45) is 0 Å². The second-order valence-corrected chi connectivity index (χ2v) is 12.8. The summed E-state index contributed by atoms with van der Waals surface area (Å²) in [6.07, 6.45) is -3.76. The van der Waals surface area contributed by atoms with Crippen LogP contribution in [0.1, 0.15) is 20.8 Å². The molecule has 2 aromatic carbocycles. The smallest absolute Gasteiger partial charge is 0.412 e. The van der Waals surface area contributed by atoms with E-state index in [2.05, 4.69) is 47.6 Å². The first-order valence-corrected chi connectivity index (χ1v) is 19.0. The van der Waals surface area contributed by atoms with E-state index < -0.39 is 86.9 Å². The molecule has 0 radical (unpaired) electrons. The average Bonchev–Trinajstić information content (AvgIpc) is 3.25. The predicted octanol–water partition coefficient (Wildman–Crippen LogP) is 5.34. The number of hydrogen-bond donors (Lipinski definition) is 4. The van der Waals surface area contributed by atoms with Gasteiger partial charge in [0.25, 0.3) is 0 Å². The van der Waals surface area contributed by atoms with Gasteiger partial charge in [0.2, 0.25) is 0 Å². The van der Waals surface area contributed by atoms with E-state index in [1.807, 2.05) is 11.8 Å². The van der Waals surface area contributed by atoms with E-state index in [9.17, 15) is 38.4 Å². The zero-order valence-electron chi connectivity index (χ0n) is 35.1. The molecule has 0 aliphatic carbocycles. The maximum atomic E-state index is 12.5. The normalized spacial score (nSPS) is 11.2. The van der Waals surface area contributed by atoms with Gasteiger partial charge in [-0.2, -0.15) is 0 Å². The van der Waals surface area contributed by atoms with E-state index in [4.69, 9.17) is 37.9 Å². The molecule has 0 saturated heterocycles. The maximum absolute atomic E-state index is 12.5. The number of nitrogens with one attached hydrogen (secondary N) is 4. The van der Waals surface area contributed by atoms with Gasteiger partial charge in [0.05, 0.1) is 0 Å². The predicted molar refractivity (Wildman–Crippen MR) is 227 cm³/mol. The summed E-state index contributed by atoms with van der Waals surface area (Å²) in [6, 6.07) is 11.9. The quantitative estimate of drug-likeness (QED) is 0.0557. The molecule has 0 fully saturated rings. The number of anilines is 4. The minimum atomic E-state index is -1.13. The van der Waals surface area contributed by atoms with Crippen molar-refractivity contribution in [3.05, 3.63) is 98.1 Å². The van der Waals surface area contributed by atoms with E-state index in [1.165, 1.54) is 62.4 Å². The molecular weight excluding hydrogens is 830 g/mol. The summed E-state index contributed by atoms with van der Waals surface area (Å²) in [5, 5.41) is 10.1. The summed E-state index contributed by atoms with van der Waals surface area (Å²) >= 11 is 0. The van der Waals surface area contributed by atoms with Crippen LogP contribution in [-0.2, 0) is 57.1 Å². The molecule has 21 heteroatoms. The van der Waals surface area contributed by atoms with Gasteiger partial charge < -0.3 is 37.9 Å². The number of likely N-dealkylation sites (N-methyl/N-ethyl adjacent to an activating group) is 1. The van der Waals surface area contributed by atoms with Crippen LogP contribution in [0.25, 0.3) is 0 Å². The highest BCUT2D eigenvalue weighted by Crippen LogP contribution is 2.16. The topological polar surface area (TPSA) is 262 Å². The Balaban J connectivity index is 1.73. The van der Waals surface area contributed by atoms with Gasteiger partial charge in [-0.25, -0.2) is 38.4 Å². The van der Waals surface area contributed by atoms with Crippen molar-refractivity contribution in [2.45, 2.75) is 33.0 Å². The van der Waals surface area contributed by atoms with E-state index in [0.29, 0.717) is 42.4 Å². The Bertz CT molecular complexity index is 1810. The first-order chi connectivity index (χ1) is 30.0. The molecule has 63 heavy (non-hydrogen) atoms. The molecular formula is C42H51N5O16. The number of carbonyl (C=O) groups excluding carboxylic acids is 8. The van der Waals surface area contributed by atoms with Crippen molar-refractivity contribution < 1.29 is 76.3 Å². The average molecular weight is 882 g/mol. The zero-order chi connectivity index (χ0) is 46.7. The molecule has 4 amide bonds. The number of nitrogens with zero attached hydrogens (tertiary/aromatic N) is 1. The van der Waals surface area contributed by atoms with Crippen LogP contribution in [0.15, 0.2) is 98.1 Å². The van der Waals surface area contributed by atoms with Crippen molar-refractivity contribution in [1.82, 2.24) is 4.90 Å². The fraction of sp³-hybridized carbons (Fsp3) is 0.333. The van der Waals surface area contributed by atoms with Crippen LogP contribution in [0.4, 0.5) is 41.9 Å². The zero-order valence-corrected chi connectivity index (χ0v) is 35.1. The summed E-state index contributed by atoms with van der Waals surface area (Å²) in [7, 11) is 0. The lowest BCUT2D eigenvalue weighted by Crippen LogP contribution is -2.33. The number of rotatable bonds is 25. The van der Waals surface area contributed by atoms with E-state index in [-0.39, 0.29) is 24.4 Å². The van der Waals surface area contributed by atoms with Crippen LogP contribution >= 0.6 is 0 Å². The number of amides is 4. The number of esters is 4. The molecule has 2 unspecified atom stereocenters. The molecule has 2 rings (SSSR count). The number of hydrogen-bond acceptors (Lipinski definition) is 17. The third-order valence-corrected chi connectivity index (χ3v) is 7.69. The van der Waals surface area contributed by atoms with Gasteiger partial charge in [0.15, 0.2) is 12.2 Å². The standard InChI is InChI=1S/C42H51N5O16/c1-8-35(48)58-23-33(25-60-37(50)27(4)5)62-41(54)45-31-15-11-29(12-16-31)43-39(52)56-21-19-47(10-3)20-22-57-40(53)44-30-13-17-32(18-14-30)46-42(55)63-34(24-59-36(49)9-2)26-61-38(51)28(6)7/h8-9,11-18,33-34H,1-2,4,6,10,19-26H2,3,5,7H3,(H,43,52)(H,44,53)(H,45,54)(H,46,55). The Morgan fingerprint density at radius 3 is 1.11 bits per heavy atom. The summed E-state index contributed by atoms with van der Waals surface area (Å²) in [6.45, 7) is 17.9. The third kappa shape index (κ3) is 21.9. The molecule has 2 atom stereocenters. The molecule has 0 spiro atoms. The fourth-order valence-electron chi connectivity index (χ4n) is 4.43. The lowest BCUT2D eigenvalue weighted by atomic mass is 10.3. The Morgan fingerprint density at radius 1 is 0.524 bits per heavy atom. The minimum absolute atomic E-state index is 0.0160. The maximum Gasteiger partial charge on any atom is 0.412 e. The highest BCUT2D eigenvalue weighted by atomic mass is 16.6. The Kier molecular flexibility index (Phi) is 22.8. The van der Waals surface area contributed by atoms with E-state index >= 15 is 0 Å². The van der Waals surface area contributed by atoms with E-state index in [1.54, 1.807) is 0 Å². The van der Waals surface area contributed by atoms with Crippen molar-refractivity contribution in [1.29, 1.82) is 0 Å². The lowest BCUT2D eigenvalue weighted by molar-refractivity contribution is -0.148. The summed E-state index contributed by atoms with van der Waals surface area (Å²) in [4.78, 5) is 98.0. The lowest BCUT2D eigenvalue weighted by Gasteiger charge is -2.20. The molecule has 0 aliphatic heterocycles. The number of ether oxygens (including phenoxy) is 8. The van der Waals surface area contributed by atoms with Crippen LogP contribution in [-0.4, -0.2) is 125 Å². The summed E-state index contributed by atoms with van der Waals surface area (Å²) in [5.74, 6) is -2.97. The molecule has 0 heterocycles. The molecule has 4 N–H and O–H groups in total. The number of benzene rings is 2. The second kappa shape index (κ2) is 28.0. The van der Waals surface area contributed by atoms with E-state index in [0.717, 1.165) is 12.2 Å². The first kappa shape index (κ1) is 51.5. The molecule has 0 bridgehead atoms. The van der Waals surface area contributed by atoms with Gasteiger partial charge in [-0.15, -0.1) is 0 Å². The van der Waals surface area contributed by atoms with Crippen molar-refractivity contribution in [3.63, 3.8) is 0 Å². The SMILES string of the molecule is C=CC(=O)OCC(COC(=O)C(=C)C)OC(=O)Nc1ccc(NC(=O)OCCN(CC)CCOC(=O)Nc2ccc(NC(=O)OC(COC(=O)C=C)COC(=O)C(=C)C)cc2)cc1. The first-order valence-electron chi connectivity index (χ1n) is 19.0. The van der Waals surface area contributed by atoms with Gasteiger partial charge in [-0.1, -0.05) is 33.2 Å². The van der Waals surface area contributed by atoms with Crippen LogP contribution in [0.2, 0.25) is 0 Å². The van der Waals surface area contributed by atoms with Gasteiger partial charge in [0, 0.05) is 59.1 Å². The van der Waals surface area contributed by atoms with Crippen molar-refractivity contribution in [2.75, 3.05) is 80.5 Å². The van der Waals surface area contributed by atoms with Crippen LogP contribution in [0.3, 0.4) is 0 Å². The van der Waals surface area contributed by atoms with Crippen LogP contribution in [0, 0.1) is 0 Å². The molecule has 340 valence electrons. The van der Waals surface area contributed by atoms with Crippen LogP contribution < -0.4 is 21.3 Å². The molecule has 21 nitrogen and oxygen atoms in total. The highest BCUT2D eigenvalue weighted by Gasteiger charge is 2.21. The molecule has 0 saturated carbocycles.